The van der Waals surface area contributed by atoms with E-state index in [0.29, 0.717) is 12.0 Å². The van der Waals surface area contributed by atoms with Crippen molar-refractivity contribution in [3.8, 4) is 0 Å². The van der Waals surface area contributed by atoms with Gasteiger partial charge in [0.25, 0.3) is 0 Å². The number of carboxylic acid groups (broad SMARTS) is 1. The Morgan fingerprint density at radius 3 is 2.56 bits per heavy atom. The minimum Gasteiger partial charge on any atom is -0.479 e. The highest BCUT2D eigenvalue weighted by atomic mass is 32.2. The number of hydrogen-bond donors (Lipinski definition) is 2. The van der Waals surface area contributed by atoms with Gasteiger partial charge in [-0.15, -0.1) is 0 Å². The zero-order valence-corrected chi connectivity index (χ0v) is 11.1. The average Bonchev–Trinajstić information content (AvgIpc) is 2.37. The molecule has 0 fully saturated rings. The van der Waals surface area contributed by atoms with Crippen LogP contribution in [0, 0.1) is 0 Å². The molecule has 1 aromatic carbocycles. The first-order valence-electron chi connectivity index (χ1n) is 5.71. The summed E-state index contributed by atoms with van der Waals surface area (Å²) in [5, 5.41) is 11.7. The Morgan fingerprint density at radius 2 is 2.00 bits per heavy atom. The van der Waals surface area contributed by atoms with E-state index in [2.05, 4.69) is 5.32 Å². The van der Waals surface area contributed by atoms with E-state index in [1.807, 2.05) is 12.3 Å². The largest absolute Gasteiger partial charge is 0.479 e. The number of nitrogens with one attached hydrogen (secondary N) is 1. The number of thioether (sulfide) groups is 1. The number of benzene rings is 1. The topological polar surface area (TPSA) is 66.4 Å². The molecule has 18 heavy (non-hydrogen) atoms. The van der Waals surface area contributed by atoms with Crippen LogP contribution in [-0.2, 0) is 9.59 Å². The molecule has 98 valence electrons. The Morgan fingerprint density at radius 1 is 1.33 bits per heavy atom. The van der Waals surface area contributed by atoms with Crippen molar-refractivity contribution in [1.29, 1.82) is 0 Å². The van der Waals surface area contributed by atoms with Gasteiger partial charge >= 0.3 is 5.97 Å². The van der Waals surface area contributed by atoms with Gasteiger partial charge < -0.3 is 10.4 Å². The molecule has 0 unspecified atom stereocenters. The van der Waals surface area contributed by atoms with Crippen molar-refractivity contribution in [1.82, 2.24) is 5.32 Å². The molecule has 0 heterocycles. The molecule has 0 bridgehead atoms. The van der Waals surface area contributed by atoms with E-state index >= 15 is 0 Å². The van der Waals surface area contributed by atoms with Gasteiger partial charge in [-0.3, -0.25) is 4.79 Å². The van der Waals surface area contributed by atoms with Crippen LogP contribution in [0.15, 0.2) is 30.3 Å². The summed E-state index contributed by atoms with van der Waals surface area (Å²) in [7, 11) is 0. The lowest BCUT2D eigenvalue weighted by molar-refractivity contribution is -0.142. The Balaban J connectivity index is 2.59. The number of carbonyl (C=O) groups excluding carboxylic acids is 1. The van der Waals surface area contributed by atoms with E-state index < -0.39 is 12.0 Å². The summed E-state index contributed by atoms with van der Waals surface area (Å²) in [5.41, 5.74) is 0.586. The van der Waals surface area contributed by atoms with Crippen LogP contribution in [0.4, 0.5) is 0 Å². The van der Waals surface area contributed by atoms with Gasteiger partial charge in [-0.25, -0.2) is 4.79 Å². The van der Waals surface area contributed by atoms with E-state index in [1.165, 1.54) is 0 Å². The third kappa shape index (κ3) is 4.79. The molecule has 0 aliphatic carbocycles. The predicted molar refractivity (Wildman–Crippen MR) is 72.6 cm³/mol. The van der Waals surface area contributed by atoms with Crippen LogP contribution in [0.3, 0.4) is 0 Å². The fourth-order valence-corrected chi connectivity index (χ4v) is 1.98. The van der Waals surface area contributed by atoms with Gasteiger partial charge in [-0.1, -0.05) is 30.3 Å². The first-order valence-corrected chi connectivity index (χ1v) is 7.10. The number of aliphatic carboxylic acids is 1. The monoisotopic (exact) mass is 267 g/mol. The summed E-state index contributed by atoms with van der Waals surface area (Å²) in [6.07, 6.45) is 3.09. The van der Waals surface area contributed by atoms with Crippen molar-refractivity contribution in [3.63, 3.8) is 0 Å². The molecule has 1 amide bonds. The fraction of sp³-hybridized carbons (Fsp3) is 0.385. The average molecular weight is 267 g/mol. The van der Waals surface area contributed by atoms with Gasteiger partial charge in [-0.2, -0.15) is 11.8 Å². The van der Waals surface area contributed by atoms with Crippen LogP contribution < -0.4 is 5.32 Å². The maximum Gasteiger partial charge on any atom is 0.330 e. The molecule has 0 saturated heterocycles. The highest BCUT2D eigenvalue weighted by Gasteiger charge is 2.21. The minimum absolute atomic E-state index is 0.222. The Kier molecular flexibility index (Phi) is 6.28. The molecule has 0 aliphatic rings. The normalized spacial score (nSPS) is 11.8. The Bertz CT molecular complexity index is 394. The maximum absolute atomic E-state index is 11.6. The fourth-order valence-electron chi connectivity index (χ4n) is 1.54. The van der Waals surface area contributed by atoms with Crippen LogP contribution in [0.2, 0.25) is 0 Å². The van der Waals surface area contributed by atoms with E-state index in [0.717, 1.165) is 12.2 Å². The number of amides is 1. The van der Waals surface area contributed by atoms with Crippen LogP contribution in [0.25, 0.3) is 0 Å². The van der Waals surface area contributed by atoms with Gasteiger partial charge in [0.2, 0.25) is 5.91 Å². The van der Waals surface area contributed by atoms with Crippen LogP contribution in [-0.4, -0.2) is 29.0 Å². The number of rotatable bonds is 7. The second-order valence-corrected chi connectivity index (χ2v) is 4.83. The summed E-state index contributed by atoms with van der Waals surface area (Å²) < 4.78 is 0. The second kappa shape index (κ2) is 7.76. The molecule has 0 radical (unpaired) electrons. The van der Waals surface area contributed by atoms with Crippen molar-refractivity contribution < 1.29 is 14.7 Å². The Labute approximate surface area is 111 Å². The standard InChI is InChI=1S/C13H17NO3S/c1-18-9-5-8-11(15)14-12(13(16)17)10-6-3-2-4-7-10/h2-4,6-7,12H,5,8-9H2,1H3,(H,14,15)(H,16,17)/t12-/m1/s1. The molecule has 2 N–H and O–H groups in total. The number of carbonyl (C=O) groups is 2. The molecule has 1 aromatic rings. The summed E-state index contributed by atoms with van der Waals surface area (Å²) in [6.45, 7) is 0. The lowest BCUT2D eigenvalue weighted by Crippen LogP contribution is -2.33. The quantitative estimate of drug-likeness (QED) is 0.742. The van der Waals surface area contributed by atoms with E-state index in [4.69, 9.17) is 5.11 Å². The van der Waals surface area contributed by atoms with Gasteiger partial charge in [0.05, 0.1) is 0 Å². The summed E-state index contributed by atoms with van der Waals surface area (Å²) in [4.78, 5) is 22.8. The highest BCUT2D eigenvalue weighted by molar-refractivity contribution is 7.98. The number of carboxylic acids is 1. The molecular weight excluding hydrogens is 250 g/mol. The lowest BCUT2D eigenvalue weighted by Gasteiger charge is -2.14. The van der Waals surface area contributed by atoms with E-state index in [1.54, 1.807) is 36.0 Å². The molecule has 0 aliphatic heterocycles. The van der Waals surface area contributed by atoms with Crippen molar-refractivity contribution in [2.45, 2.75) is 18.9 Å². The van der Waals surface area contributed by atoms with Gasteiger partial charge in [-0.05, 0) is 24.0 Å². The van der Waals surface area contributed by atoms with Crippen LogP contribution in [0.5, 0.6) is 0 Å². The molecule has 1 rings (SSSR count). The predicted octanol–water partition coefficient (Wildman–Crippen LogP) is 2.07. The van der Waals surface area contributed by atoms with Gasteiger partial charge in [0, 0.05) is 6.42 Å². The SMILES string of the molecule is CSCCCC(=O)N[C@@H](C(=O)O)c1ccccc1. The molecule has 0 saturated carbocycles. The van der Waals surface area contributed by atoms with Gasteiger partial charge in [0.1, 0.15) is 0 Å². The molecular formula is C13H17NO3S. The summed E-state index contributed by atoms with van der Waals surface area (Å²) >= 11 is 1.67. The van der Waals surface area contributed by atoms with Crippen molar-refractivity contribution in [2.75, 3.05) is 12.0 Å². The number of hydrogen-bond acceptors (Lipinski definition) is 3. The minimum atomic E-state index is -1.04. The smallest absolute Gasteiger partial charge is 0.330 e. The third-order valence-corrected chi connectivity index (χ3v) is 3.13. The van der Waals surface area contributed by atoms with Crippen molar-refractivity contribution >= 4 is 23.6 Å². The van der Waals surface area contributed by atoms with E-state index in [-0.39, 0.29) is 5.91 Å². The Hall–Kier alpha value is -1.49. The molecule has 0 aromatic heterocycles. The van der Waals surface area contributed by atoms with Gasteiger partial charge in [0.15, 0.2) is 6.04 Å². The second-order valence-electron chi connectivity index (χ2n) is 3.85. The zero-order chi connectivity index (χ0) is 13.4. The molecule has 4 nitrogen and oxygen atoms in total. The van der Waals surface area contributed by atoms with Crippen LogP contribution in [0.1, 0.15) is 24.4 Å². The third-order valence-electron chi connectivity index (χ3n) is 2.44. The first-order chi connectivity index (χ1) is 8.65. The van der Waals surface area contributed by atoms with Crippen molar-refractivity contribution in [3.05, 3.63) is 35.9 Å². The first kappa shape index (κ1) is 14.6. The molecule has 5 heteroatoms. The molecule has 1 atom stereocenters. The van der Waals surface area contributed by atoms with Crippen molar-refractivity contribution in [2.24, 2.45) is 0 Å². The summed E-state index contributed by atoms with van der Waals surface area (Å²) in [5.74, 6) is -0.365. The maximum atomic E-state index is 11.6. The van der Waals surface area contributed by atoms with Crippen LogP contribution >= 0.6 is 11.8 Å². The highest BCUT2D eigenvalue weighted by Crippen LogP contribution is 2.13. The van der Waals surface area contributed by atoms with E-state index in [9.17, 15) is 9.59 Å². The lowest BCUT2D eigenvalue weighted by atomic mass is 10.1. The molecule has 0 spiro atoms. The zero-order valence-electron chi connectivity index (χ0n) is 10.3. The summed E-state index contributed by atoms with van der Waals surface area (Å²) in [6, 6.07) is 7.74.